The fourth-order valence-electron chi connectivity index (χ4n) is 2.30. The summed E-state index contributed by atoms with van der Waals surface area (Å²) >= 11 is 3.29. The van der Waals surface area contributed by atoms with E-state index in [0.29, 0.717) is 29.3 Å². The minimum atomic E-state index is -0.483. The highest BCUT2D eigenvalue weighted by Gasteiger charge is 2.32. The molecule has 1 atom stereocenters. The Balaban J connectivity index is 1.92. The zero-order valence-electron chi connectivity index (χ0n) is 12.0. The number of aromatic nitrogens is 2. The molecule has 0 amide bonds. The second kappa shape index (κ2) is 6.24. The summed E-state index contributed by atoms with van der Waals surface area (Å²) in [5, 5.41) is 7.23. The van der Waals surface area contributed by atoms with Gasteiger partial charge in [-0.3, -0.25) is 4.79 Å². The molecule has 0 radical (unpaired) electrons. The Kier molecular flexibility index (Phi) is 4.82. The van der Waals surface area contributed by atoms with E-state index in [2.05, 4.69) is 33.3 Å². The lowest BCUT2D eigenvalue weighted by Crippen LogP contribution is -2.30. The van der Waals surface area contributed by atoms with Crippen LogP contribution in [0.3, 0.4) is 0 Å². The Hall–Kier alpha value is -0.920. The highest BCUT2D eigenvalue weighted by atomic mass is 79.9. The van der Waals surface area contributed by atoms with Gasteiger partial charge in [-0.05, 0) is 28.8 Å². The SMILES string of the molecule is C[C@@H](CNc1cnn(C)c(=O)c1Br)CC1(C)OCCO1. The van der Waals surface area contributed by atoms with E-state index in [-0.39, 0.29) is 5.56 Å². The van der Waals surface area contributed by atoms with Gasteiger partial charge in [0.1, 0.15) is 4.47 Å². The van der Waals surface area contributed by atoms with Crippen molar-refractivity contribution in [2.45, 2.75) is 26.1 Å². The number of nitrogens with zero attached hydrogens (tertiary/aromatic N) is 2. The van der Waals surface area contributed by atoms with Crippen LogP contribution < -0.4 is 10.9 Å². The maximum Gasteiger partial charge on any atom is 0.282 e. The number of ether oxygens (including phenoxy) is 2. The lowest BCUT2D eigenvalue weighted by atomic mass is 10.0. The molecule has 6 nitrogen and oxygen atoms in total. The Bertz CT molecular complexity index is 526. The Morgan fingerprint density at radius 3 is 2.85 bits per heavy atom. The molecule has 1 aliphatic rings. The van der Waals surface area contributed by atoms with Gasteiger partial charge in [0.15, 0.2) is 5.79 Å². The zero-order valence-corrected chi connectivity index (χ0v) is 13.6. The van der Waals surface area contributed by atoms with E-state index in [9.17, 15) is 4.79 Å². The Morgan fingerprint density at radius 2 is 2.20 bits per heavy atom. The molecule has 1 saturated heterocycles. The van der Waals surface area contributed by atoms with Crippen molar-refractivity contribution in [3.8, 4) is 0 Å². The number of nitrogens with one attached hydrogen (secondary N) is 1. The van der Waals surface area contributed by atoms with Gasteiger partial charge in [0.05, 0.1) is 25.1 Å². The van der Waals surface area contributed by atoms with Gasteiger partial charge < -0.3 is 14.8 Å². The first kappa shape index (κ1) is 15.5. The molecule has 112 valence electrons. The summed E-state index contributed by atoms with van der Waals surface area (Å²) in [6.07, 6.45) is 2.44. The summed E-state index contributed by atoms with van der Waals surface area (Å²) < 4.78 is 13.0. The summed E-state index contributed by atoms with van der Waals surface area (Å²) in [7, 11) is 1.62. The van der Waals surface area contributed by atoms with Gasteiger partial charge >= 0.3 is 0 Å². The molecule has 7 heteroatoms. The van der Waals surface area contributed by atoms with Crippen molar-refractivity contribution < 1.29 is 9.47 Å². The van der Waals surface area contributed by atoms with Crippen LogP contribution in [-0.4, -0.2) is 35.3 Å². The zero-order chi connectivity index (χ0) is 14.8. The van der Waals surface area contributed by atoms with Gasteiger partial charge in [-0.25, -0.2) is 4.68 Å². The van der Waals surface area contributed by atoms with Gasteiger partial charge in [0.2, 0.25) is 0 Å². The lowest BCUT2D eigenvalue weighted by molar-refractivity contribution is -0.153. The summed E-state index contributed by atoms with van der Waals surface area (Å²) in [6, 6.07) is 0. The van der Waals surface area contributed by atoms with E-state index in [1.807, 2.05) is 6.92 Å². The lowest BCUT2D eigenvalue weighted by Gasteiger charge is -2.26. The standard InChI is InChI=1S/C13H20BrN3O3/c1-9(6-13(2)19-4-5-20-13)7-15-10-8-16-17(3)12(18)11(10)14/h8-9,15H,4-7H2,1-3H3/t9-/m1/s1. The average molecular weight is 346 g/mol. The van der Waals surface area contributed by atoms with Crippen LogP contribution >= 0.6 is 15.9 Å². The van der Waals surface area contributed by atoms with Crippen LogP contribution in [0, 0.1) is 5.92 Å². The van der Waals surface area contributed by atoms with Crippen molar-refractivity contribution in [1.29, 1.82) is 0 Å². The molecule has 0 bridgehead atoms. The predicted octanol–water partition coefficient (Wildman–Crippen LogP) is 1.74. The van der Waals surface area contributed by atoms with E-state index in [1.165, 1.54) is 4.68 Å². The van der Waals surface area contributed by atoms with Crippen LogP contribution in [0.25, 0.3) is 0 Å². The molecule has 1 aromatic heterocycles. The summed E-state index contributed by atoms with van der Waals surface area (Å²) in [6.45, 7) is 6.11. The minimum absolute atomic E-state index is 0.155. The summed E-state index contributed by atoms with van der Waals surface area (Å²) in [5.74, 6) is -0.141. The minimum Gasteiger partial charge on any atom is -0.382 e. The predicted molar refractivity (Wildman–Crippen MR) is 79.8 cm³/mol. The van der Waals surface area contributed by atoms with Crippen LogP contribution in [0.5, 0.6) is 0 Å². The topological polar surface area (TPSA) is 65.4 Å². The number of aryl methyl sites for hydroxylation is 1. The molecule has 20 heavy (non-hydrogen) atoms. The van der Waals surface area contributed by atoms with E-state index in [4.69, 9.17) is 9.47 Å². The van der Waals surface area contributed by atoms with Crippen LogP contribution in [0.15, 0.2) is 15.5 Å². The van der Waals surface area contributed by atoms with Crippen LogP contribution in [0.4, 0.5) is 5.69 Å². The molecule has 2 rings (SSSR count). The molecule has 1 fully saturated rings. The van der Waals surface area contributed by atoms with Crippen molar-refractivity contribution in [3.05, 3.63) is 21.0 Å². The molecule has 0 aromatic carbocycles. The van der Waals surface area contributed by atoms with Gasteiger partial charge in [-0.15, -0.1) is 0 Å². The van der Waals surface area contributed by atoms with Gasteiger partial charge in [0, 0.05) is 20.0 Å². The number of hydrogen-bond donors (Lipinski definition) is 1. The molecule has 0 saturated carbocycles. The summed E-state index contributed by atoms with van der Waals surface area (Å²) in [5.41, 5.74) is 0.551. The van der Waals surface area contributed by atoms with Crippen LogP contribution in [-0.2, 0) is 16.5 Å². The average Bonchev–Trinajstić information content (AvgIpc) is 2.81. The molecule has 2 heterocycles. The largest absolute Gasteiger partial charge is 0.382 e. The third-order valence-corrected chi connectivity index (χ3v) is 4.10. The van der Waals surface area contributed by atoms with E-state index in [0.717, 1.165) is 13.0 Å². The second-order valence-corrected chi connectivity index (χ2v) is 6.11. The Labute approximate surface area is 126 Å². The van der Waals surface area contributed by atoms with E-state index in [1.54, 1.807) is 13.2 Å². The quantitative estimate of drug-likeness (QED) is 0.880. The van der Waals surface area contributed by atoms with Gasteiger partial charge in [0.25, 0.3) is 5.56 Å². The van der Waals surface area contributed by atoms with Crippen LogP contribution in [0.1, 0.15) is 20.3 Å². The van der Waals surface area contributed by atoms with E-state index < -0.39 is 5.79 Å². The van der Waals surface area contributed by atoms with Crippen molar-refractivity contribution in [3.63, 3.8) is 0 Å². The Morgan fingerprint density at radius 1 is 1.55 bits per heavy atom. The molecule has 1 N–H and O–H groups in total. The number of anilines is 1. The highest BCUT2D eigenvalue weighted by molar-refractivity contribution is 9.10. The second-order valence-electron chi connectivity index (χ2n) is 5.32. The normalized spacial score (nSPS) is 19.0. The fourth-order valence-corrected chi connectivity index (χ4v) is 2.80. The van der Waals surface area contributed by atoms with Crippen molar-refractivity contribution in [2.24, 2.45) is 13.0 Å². The number of rotatable bonds is 5. The maximum absolute atomic E-state index is 11.7. The fraction of sp³-hybridized carbons (Fsp3) is 0.692. The number of halogens is 1. The van der Waals surface area contributed by atoms with Crippen molar-refractivity contribution >= 4 is 21.6 Å². The first-order valence-electron chi connectivity index (χ1n) is 6.65. The molecule has 0 aliphatic carbocycles. The van der Waals surface area contributed by atoms with Gasteiger partial charge in [-0.1, -0.05) is 6.92 Å². The first-order valence-corrected chi connectivity index (χ1v) is 7.44. The molecule has 1 aromatic rings. The third kappa shape index (κ3) is 3.59. The van der Waals surface area contributed by atoms with Gasteiger partial charge in [-0.2, -0.15) is 5.10 Å². The molecular formula is C13H20BrN3O3. The van der Waals surface area contributed by atoms with Crippen molar-refractivity contribution in [1.82, 2.24) is 9.78 Å². The van der Waals surface area contributed by atoms with Crippen LogP contribution in [0.2, 0.25) is 0 Å². The van der Waals surface area contributed by atoms with Crippen molar-refractivity contribution in [2.75, 3.05) is 25.1 Å². The molecule has 1 aliphatic heterocycles. The first-order chi connectivity index (χ1) is 9.41. The summed E-state index contributed by atoms with van der Waals surface area (Å²) in [4.78, 5) is 11.7. The number of hydrogen-bond acceptors (Lipinski definition) is 5. The molecule has 0 spiro atoms. The molecule has 0 unspecified atom stereocenters. The monoisotopic (exact) mass is 345 g/mol. The maximum atomic E-state index is 11.7. The third-order valence-electron chi connectivity index (χ3n) is 3.34. The smallest absolute Gasteiger partial charge is 0.282 e. The molecular weight excluding hydrogens is 326 g/mol. The van der Waals surface area contributed by atoms with E-state index >= 15 is 0 Å². The highest BCUT2D eigenvalue weighted by Crippen LogP contribution is 2.27.